The van der Waals surface area contributed by atoms with Crippen LogP contribution in [0.4, 0.5) is 34.1 Å². The van der Waals surface area contributed by atoms with E-state index in [2.05, 4.69) is 254 Å². The van der Waals surface area contributed by atoms with E-state index in [1.165, 1.54) is 83.2 Å². The van der Waals surface area contributed by atoms with Gasteiger partial charge in [-0.2, -0.15) is 0 Å². The summed E-state index contributed by atoms with van der Waals surface area (Å²) in [5, 5.41) is 2.50. The summed E-state index contributed by atoms with van der Waals surface area (Å²) < 4.78 is 0. The van der Waals surface area contributed by atoms with Gasteiger partial charge in [-0.05, 0) is 151 Å². The average Bonchev–Trinajstić information content (AvgIpc) is 3.90. The lowest BCUT2D eigenvalue weighted by molar-refractivity contribution is 0.659. The summed E-state index contributed by atoms with van der Waals surface area (Å²) in [6, 6.07) is 85.7. The van der Waals surface area contributed by atoms with Crippen molar-refractivity contribution < 1.29 is 0 Å². The Morgan fingerprint density at radius 1 is 0.297 bits per heavy atom. The second kappa shape index (κ2) is 13.8. The molecule has 0 fully saturated rings. The lowest BCUT2D eigenvalue weighted by Crippen LogP contribution is -2.27. The van der Waals surface area contributed by atoms with E-state index in [0.29, 0.717) is 0 Å². The van der Waals surface area contributed by atoms with Gasteiger partial charge in [0.1, 0.15) is 0 Å². The van der Waals surface area contributed by atoms with Crippen molar-refractivity contribution in [3.8, 4) is 33.4 Å². The standard InChI is InChI=1S/C62H44N2/c1-61(2)54-39-47(63(43-23-7-3-8-24-43)44-25-9-4-10-26-44)35-36-50(54)58-56(61)40-57(64(45-27-11-5-12-28-45)46-29-13-6-14-30-46)59-51-37-41-21-15-16-22-42(41)38-55(51)62(60(58)59)52-33-19-17-31-48(52)49-32-18-20-34-53(49)62/h3-40H,1-2H3. The Balaban J connectivity index is 1.20. The Hall–Kier alpha value is -7.94. The molecule has 0 atom stereocenters. The van der Waals surface area contributed by atoms with Crippen LogP contribution < -0.4 is 9.80 Å². The molecule has 3 aliphatic carbocycles. The highest BCUT2D eigenvalue weighted by molar-refractivity contribution is 6.09. The van der Waals surface area contributed by atoms with Crippen LogP contribution >= 0.6 is 0 Å². The molecule has 10 aromatic rings. The van der Waals surface area contributed by atoms with Crippen LogP contribution in [-0.2, 0) is 10.8 Å². The summed E-state index contributed by atoms with van der Waals surface area (Å²) in [6.45, 7) is 4.89. The van der Waals surface area contributed by atoms with Gasteiger partial charge in [0.15, 0.2) is 0 Å². The van der Waals surface area contributed by atoms with Crippen LogP contribution in [0.15, 0.2) is 231 Å². The van der Waals surface area contributed by atoms with Crippen LogP contribution in [0.3, 0.4) is 0 Å². The van der Waals surface area contributed by atoms with E-state index in [1.807, 2.05) is 0 Å². The molecule has 64 heavy (non-hydrogen) atoms. The van der Waals surface area contributed by atoms with E-state index < -0.39 is 5.41 Å². The fourth-order valence-corrected chi connectivity index (χ4v) is 11.7. The second-order valence-electron chi connectivity index (χ2n) is 18.0. The molecule has 0 radical (unpaired) electrons. The third-order valence-electron chi connectivity index (χ3n) is 14.4. The van der Waals surface area contributed by atoms with Gasteiger partial charge in [-0.15, -0.1) is 0 Å². The molecule has 13 rings (SSSR count). The minimum absolute atomic E-state index is 0.360. The first-order valence-electron chi connectivity index (χ1n) is 22.4. The Labute approximate surface area is 375 Å². The largest absolute Gasteiger partial charge is 0.310 e. The highest BCUT2D eigenvalue weighted by Crippen LogP contribution is 2.69. The lowest BCUT2D eigenvalue weighted by Gasteiger charge is -2.35. The van der Waals surface area contributed by atoms with Crippen molar-refractivity contribution in [1.29, 1.82) is 0 Å². The molecule has 0 heterocycles. The molecule has 0 amide bonds. The molecule has 0 saturated heterocycles. The van der Waals surface area contributed by atoms with E-state index in [0.717, 1.165) is 28.4 Å². The summed E-state index contributed by atoms with van der Waals surface area (Å²) in [7, 11) is 0. The fourth-order valence-electron chi connectivity index (χ4n) is 11.7. The smallest absolute Gasteiger partial charge is 0.0732 e. The zero-order chi connectivity index (χ0) is 42.6. The number of rotatable bonds is 6. The van der Waals surface area contributed by atoms with Gasteiger partial charge < -0.3 is 9.80 Å². The SMILES string of the molecule is CC1(C)c2cc(N(c3ccccc3)c3ccccc3)ccc2-c2c1cc(N(c1ccccc1)c1ccccc1)c1c2C2(c3ccccc3-c3ccccc32)c2cc3ccccc3cc2-1. The predicted molar refractivity (Wildman–Crippen MR) is 267 cm³/mol. The van der Waals surface area contributed by atoms with E-state index >= 15 is 0 Å². The van der Waals surface area contributed by atoms with E-state index in [4.69, 9.17) is 0 Å². The van der Waals surface area contributed by atoms with Gasteiger partial charge in [0.2, 0.25) is 0 Å². The number of anilines is 6. The molecule has 2 heteroatoms. The molecular formula is C62H44N2. The molecule has 1 spiro atoms. The van der Waals surface area contributed by atoms with Crippen molar-refractivity contribution in [3.05, 3.63) is 264 Å². The molecule has 0 bridgehead atoms. The van der Waals surface area contributed by atoms with Gasteiger partial charge in [0.05, 0.1) is 11.1 Å². The summed E-state index contributed by atoms with van der Waals surface area (Å²) in [5.74, 6) is 0. The Kier molecular flexibility index (Phi) is 7.90. The minimum Gasteiger partial charge on any atom is -0.310 e. The van der Waals surface area contributed by atoms with Crippen molar-refractivity contribution in [1.82, 2.24) is 0 Å². The predicted octanol–water partition coefficient (Wildman–Crippen LogP) is 16.4. The molecular weight excluding hydrogens is 773 g/mol. The van der Waals surface area contributed by atoms with Crippen LogP contribution in [0.5, 0.6) is 0 Å². The van der Waals surface area contributed by atoms with Crippen LogP contribution in [-0.4, -0.2) is 0 Å². The zero-order valence-corrected chi connectivity index (χ0v) is 35.8. The van der Waals surface area contributed by atoms with Crippen molar-refractivity contribution in [3.63, 3.8) is 0 Å². The van der Waals surface area contributed by atoms with Gasteiger partial charge in [-0.3, -0.25) is 0 Å². The quantitative estimate of drug-likeness (QED) is 0.165. The normalized spacial score (nSPS) is 14.0. The highest BCUT2D eigenvalue weighted by atomic mass is 15.2. The maximum atomic E-state index is 2.56. The summed E-state index contributed by atoms with van der Waals surface area (Å²) in [5.41, 5.74) is 21.8. The Morgan fingerprint density at radius 3 is 1.31 bits per heavy atom. The van der Waals surface area contributed by atoms with Crippen LogP contribution in [0, 0.1) is 0 Å². The second-order valence-corrected chi connectivity index (χ2v) is 18.0. The monoisotopic (exact) mass is 816 g/mol. The number of fused-ring (bicyclic) bond motifs is 15. The van der Waals surface area contributed by atoms with Crippen LogP contribution in [0.1, 0.15) is 47.2 Å². The number of benzene rings is 10. The van der Waals surface area contributed by atoms with E-state index in [1.54, 1.807) is 0 Å². The molecule has 0 aromatic heterocycles. The van der Waals surface area contributed by atoms with Gasteiger partial charge in [0, 0.05) is 39.4 Å². The molecule has 2 nitrogen and oxygen atoms in total. The first kappa shape index (κ1) is 36.7. The first-order valence-corrected chi connectivity index (χ1v) is 22.4. The summed E-state index contributed by atoms with van der Waals surface area (Å²) >= 11 is 0. The maximum Gasteiger partial charge on any atom is 0.0732 e. The average molecular weight is 817 g/mol. The van der Waals surface area contributed by atoms with Gasteiger partial charge >= 0.3 is 0 Å². The maximum absolute atomic E-state index is 2.56. The van der Waals surface area contributed by atoms with Crippen LogP contribution in [0.2, 0.25) is 0 Å². The van der Waals surface area contributed by atoms with Crippen molar-refractivity contribution in [2.24, 2.45) is 0 Å². The zero-order valence-electron chi connectivity index (χ0n) is 35.8. The molecule has 0 N–H and O–H groups in total. The van der Waals surface area contributed by atoms with Crippen molar-refractivity contribution in [2.45, 2.75) is 24.7 Å². The van der Waals surface area contributed by atoms with Gasteiger partial charge in [-0.25, -0.2) is 0 Å². The van der Waals surface area contributed by atoms with E-state index in [9.17, 15) is 0 Å². The molecule has 0 aliphatic heterocycles. The molecule has 0 saturated carbocycles. The van der Waals surface area contributed by atoms with Crippen molar-refractivity contribution in [2.75, 3.05) is 9.80 Å². The first-order chi connectivity index (χ1) is 31.5. The Bertz CT molecular complexity index is 3340. The number of para-hydroxylation sites is 4. The molecule has 3 aliphatic rings. The molecule has 0 unspecified atom stereocenters. The minimum atomic E-state index is -0.586. The third-order valence-corrected chi connectivity index (χ3v) is 14.4. The molecule has 302 valence electrons. The summed E-state index contributed by atoms with van der Waals surface area (Å²) in [4.78, 5) is 4.91. The third kappa shape index (κ3) is 5.02. The highest BCUT2D eigenvalue weighted by Gasteiger charge is 2.56. The van der Waals surface area contributed by atoms with E-state index in [-0.39, 0.29) is 5.41 Å². The van der Waals surface area contributed by atoms with Crippen molar-refractivity contribution >= 4 is 44.9 Å². The topological polar surface area (TPSA) is 6.48 Å². The fraction of sp³-hybridized carbons (Fsp3) is 0.0645. The van der Waals surface area contributed by atoms with Gasteiger partial charge in [0.25, 0.3) is 0 Å². The number of hydrogen-bond donors (Lipinski definition) is 0. The Morgan fingerprint density at radius 2 is 0.766 bits per heavy atom. The van der Waals surface area contributed by atoms with Gasteiger partial charge in [-0.1, -0.05) is 166 Å². The number of nitrogens with zero attached hydrogens (tertiary/aromatic N) is 2. The number of hydrogen-bond acceptors (Lipinski definition) is 2. The summed E-state index contributed by atoms with van der Waals surface area (Å²) in [6.07, 6.45) is 0. The van der Waals surface area contributed by atoms with Crippen LogP contribution in [0.25, 0.3) is 44.2 Å². The molecule has 10 aromatic carbocycles. The lowest BCUT2D eigenvalue weighted by atomic mass is 9.68.